The maximum absolute atomic E-state index is 5.38. The third-order valence-corrected chi connectivity index (χ3v) is 3.87. The molecular formula is C13H18N6OS. The van der Waals surface area contributed by atoms with Gasteiger partial charge < -0.3 is 15.0 Å². The standard InChI is InChI=1S/C13H18N6OS/c1-2-14-12-16-10(9-11-15-3-8-21-11)17-13(18-12)19-4-6-20-7-5-19/h3,8H,2,4-7,9H2,1H3,(H,14,16,17,18). The van der Waals surface area contributed by atoms with E-state index in [0.717, 1.165) is 36.4 Å². The summed E-state index contributed by atoms with van der Waals surface area (Å²) in [6, 6.07) is 0. The second kappa shape index (κ2) is 6.77. The highest BCUT2D eigenvalue weighted by Crippen LogP contribution is 2.15. The second-order valence-corrected chi connectivity index (χ2v) is 5.59. The van der Waals surface area contributed by atoms with Crippen molar-refractivity contribution in [3.8, 4) is 0 Å². The summed E-state index contributed by atoms with van der Waals surface area (Å²) < 4.78 is 5.38. The van der Waals surface area contributed by atoms with Gasteiger partial charge in [0.05, 0.1) is 19.6 Å². The van der Waals surface area contributed by atoms with Gasteiger partial charge >= 0.3 is 0 Å². The first-order chi connectivity index (χ1) is 10.3. The number of morpholine rings is 1. The Hall–Kier alpha value is -1.80. The summed E-state index contributed by atoms with van der Waals surface area (Å²) in [5.41, 5.74) is 0. The molecule has 1 fully saturated rings. The summed E-state index contributed by atoms with van der Waals surface area (Å²) in [4.78, 5) is 20.0. The van der Waals surface area contributed by atoms with Crippen molar-refractivity contribution in [2.24, 2.45) is 0 Å². The van der Waals surface area contributed by atoms with E-state index in [1.807, 2.05) is 12.3 Å². The number of nitrogens with one attached hydrogen (secondary N) is 1. The first-order valence-electron chi connectivity index (χ1n) is 7.05. The normalized spacial score (nSPS) is 15.2. The van der Waals surface area contributed by atoms with Crippen LogP contribution < -0.4 is 10.2 Å². The van der Waals surface area contributed by atoms with E-state index >= 15 is 0 Å². The fraction of sp³-hybridized carbons (Fsp3) is 0.538. The Kier molecular flexibility index (Phi) is 4.56. The quantitative estimate of drug-likeness (QED) is 0.889. The zero-order chi connectivity index (χ0) is 14.5. The number of thiazole rings is 1. The Morgan fingerprint density at radius 3 is 2.86 bits per heavy atom. The molecule has 2 aromatic heterocycles. The van der Waals surface area contributed by atoms with Crippen LogP contribution in [-0.4, -0.2) is 52.8 Å². The summed E-state index contributed by atoms with van der Waals surface area (Å²) in [6.07, 6.45) is 2.44. The molecule has 1 aliphatic rings. The van der Waals surface area contributed by atoms with Gasteiger partial charge in [0.1, 0.15) is 10.8 Å². The molecule has 112 valence electrons. The third-order valence-electron chi connectivity index (χ3n) is 3.09. The van der Waals surface area contributed by atoms with Gasteiger partial charge in [-0.2, -0.15) is 15.0 Å². The molecule has 0 amide bonds. The number of nitrogens with zero attached hydrogens (tertiary/aromatic N) is 5. The van der Waals surface area contributed by atoms with E-state index in [-0.39, 0.29) is 0 Å². The fourth-order valence-electron chi connectivity index (χ4n) is 2.10. The zero-order valence-corrected chi connectivity index (χ0v) is 12.8. The number of ether oxygens (including phenoxy) is 1. The minimum absolute atomic E-state index is 0.626. The average Bonchev–Trinajstić information content (AvgIpc) is 3.01. The van der Waals surface area contributed by atoms with E-state index < -0.39 is 0 Å². The predicted molar refractivity (Wildman–Crippen MR) is 81.9 cm³/mol. The van der Waals surface area contributed by atoms with Crippen LogP contribution in [0.2, 0.25) is 0 Å². The molecule has 3 rings (SSSR count). The molecule has 3 heterocycles. The molecule has 1 aliphatic heterocycles. The summed E-state index contributed by atoms with van der Waals surface area (Å²) in [7, 11) is 0. The Morgan fingerprint density at radius 1 is 1.29 bits per heavy atom. The van der Waals surface area contributed by atoms with Gasteiger partial charge in [-0.1, -0.05) is 0 Å². The number of hydrogen-bond acceptors (Lipinski definition) is 8. The average molecular weight is 306 g/mol. The molecule has 0 bridgehead atoms. The Balaban J connectivity index is 1.85. The smallest absolute Gasteiger partial charge is 0.230 e. The second-order valence-electron chi connectivity index (χ2n) is 4.61. The third kappa shape index (κ3) is 3.64. The topological polar surface area (TPSA) is 76.1 Å². The lowest BCUT2D eigenvalue weighted by Crippen LogP contribution is -2.37. The lowest BCUT2D eigenvalue weighted by atomic mass is 10.4. The molecule has 1 saturated heterocycles. The molecule has 7 nitrogen and oxygen atoms in total. The molecule has 21 heavy (non-hydrogen) atoms. The predicted octanol–water partition coefficient (Wildman–Crippen LogP) is 1.19. The van der Waals surface area contributed by atoms with Crippen molar-refractivity contribution in [1.82, 2.24) is 19.9 Å². The minimum Gasteiger partial charge on any atom is -0.378 e. The minimum atomic E-state index is 0.626. The molecule has 0 saturated carbocycles. The Bertz CT molecular complexity index is 570. The largest absolute Gasteiger partial charge is 0.378 e. The van der Waals surface area contributed by atoms with E-state index in [0.29, 0.717) is 25.6 Å². The van der Waals surface area contributed by atoms with Crippen molar-refractivity contribution in [3.05, 3.63) is 22.4 Å². The Labute approximate surface area is 127 Å². The van der Waals surface area contributed by atoms with E-state index in [1.54, 1.807) is 17.5 Å². The Morgan fingerprint density at radius 2 is 2.14 bits per heavy atom. The zero-order valence-electron chi connectivity index (χ0n) is 11.9. The highest BCUT2D eigenvalue weighted by atomic mass is 32.1. The van der Waals surface area contributed by atoms with Gasteiger partial charge in [0.2, 0.25) is 11.9 Å². The van der Waals surface area contributed by atoms with Crippen molar-refractivity contribution < 1.29 is 4.74 Å². The molecule has 8 heteroatoms. The fourth-order valence-corrected chi connectivity index (χ4v) is 2.72. The van der Waals surface area contributed by atoms with Crippen LogP contribution in [0, 0.1) is 0 Å². The molecule has 1 N–H and O–H groups in total. The summed E-state index contributed by atoms with van der Waals surface area (Å²) in [5, 5.41) is 6.14. The number of anilines is 2. The van der Waals surface area contributed by atoms with Crippen molar-refractivity contribution in [3.63, 3.8) is 0 Å². The molecule has 0 radical (unpaired) electrons. The van der Waals surface area contributed by atoms with Crippen LogP contribution in [0.5, 0.6) is 0 Å². The molecule has 0 spiro atoms. The van der Waals surface area contributed by atoms with Gasteiger partial charge in [0.25, 0.3) is 0 Å². The first kappa shape index (κ1) is 14.2. The van der Waals surface area contributed by atoms with E-state index in [2.05, 4.69) is 30.2 Å². The van der Waals surface area contributed by atoms with Gasteiger partial charge in [-0.3, -0.25) is 0 Å². The molecular weight excluding hydrogens is 288 g/mol. The van der Waals surface area contributed by atoms with Crippen LogP contribution in [0.1, 0.15) is 17.8 Å². The summed E-state index contributed by atoms with van der Waals surface area (Å²) in [6.45, 7) is 5.86. The summed E-state index contributed by atoms with van der Waals surface area (Å²) in [5.74, 6) is 2.09. The van der Waals surface area contributed by atoms with Gasteiger partial charge in [-0.25, -0.2) is 4.98 Å². The van der Waals surface area contributed by atoms with Gasteiger partial charge in [-0.05, 0) is 6.92 Å². The maximum atomic E-state index is 5.38. The van der Waals surface area contributed by atoms with E-state index in [4.69, 9.17) is 4.74 Å². The van der Waals surface area contributed by atoms with Crippen molar-refractivity contribution in [1.29, 1.82) is 0 Å². The van der Waals surface area contributed by atoms with Gasteiger partial charge in [-0.15, -0.1) is 11.3 Å². The molecule has 0 atom stereocenters. The summed E-state index contributed by atoms with van der Waals surface area (Å²) >= 11 is 1.61. The van der Waals surface area contributed by atoms with Crippen LogP contribution in [0.3, 0.4) is 0 Å². The highest BCUT2D eigenvalue weighted by molar-refractivity contribution is 7.09. The molecule has 0 aromatic carbocycles. The van der Waals surface area contributed by atoms with Crippen LogP contribution in [0.25, 0.3) is 0 Å². The lowest BCUT2D eigenvalue weighted by Gasteiger charge is -2.27. The van der Waals surface area contributed by atoms with Crippen molar-refractivity contribution in [2.75, 3.05) is 43.1 Å². The number of rotatable bonds is 5. The van der Waals surface area contributed by atoms with Crippen LogP contribution >= 0.6 is 11.3 Å². The van der Waals surface area contributed by atoms with Crippen LogP contribution in [0.4, 0.5) is 11.9 Å². The number of aromatic nitrogens is 4. The van der Waals surface area contributed by atoms with Gasteiger partial charge in [0.15, 0.2) is 0 Å². The van der Waals surface area contributed by atoms with Crippen molar-refractivity contribution >= 4 is 23.2 Å². The first-order valence-corrected chi connectivity index (χ1v) is 7.93. The molecule has 0 unspecified atom stereocenters. The van der Waals surface area contributed by atoms with E-state index in [1.165, 1.54) is 0 Å². The lowest BCUT2D eigenvalue weighted by molar-refractivity contribution is 0.122. The SMILES string of the molecule is CCNc1nc(Cc2nccs2)nc(N2CCOCC2)n1. The van der Waals surface area contributed by atoms with Gasteiger partial charge in [0, 0.05) is 31.2 Å². The molecule has 0 aliphatic carbocycles. The maximum Gasteiger partial charge on any atom is 0.230 e. The molecule has 2 aromatic rings. The van der Waals surface area contributed by atoms with E-state index in [9.17, 15) is 0 Å². The monoisotopic (exact) mass is 306 g/mol. The van der Waals surface area contributed by atoms with Crippen LogP contribution in [-0.2, 0) is 11.2 Å². The number of hydrogen-bond donors (Lipinski definition) is 1. The van der Waals surface area contributed by atoms with Crippen LogP contribution in [0.15, 0.2) is 11.6 Å². The highest BCUT2D eigenvalue weighted by Gasteiger charge is 2.16. The van der Waals surface area contributed by atoms with Crippen molar-refractivity contribution in [2.45, 2.75) is 13.3 Å².